The van der Waals surface area contributed by atoms with Gasteiger partial charge in [0.1, 0.15) is 10.7 Å². The molecule has 2 aliphatic rings. The average Bonchev–Trinajstić information content (AvgIpc) is 3.33. The van der Waals surface area contributed by atoms with E-state index in [1.54, 1.807) is 16.2 Å². The molecule has 0 saturated carbocycles. The van der Waals surface area contributed by atoms with Crippen LogP contribution in [0.5, 0.6) is 0 Å². The van der Waals surface area contributed by atoms with Gasteiger partial charge in [-0.15, -0.1) is 11.3 Å². The molecule has 0 bridgehead atoms. The Balaban J connectivity index is 1.62. The number of benzene rings is 2. The molecule has 0 radical (unpaired) electrons. The van der Waals surface area contributed by atoms with E-state index in [9.17, 15) is 9.59 Å². The first-order chi connectivity index (χ1) is 17.1. The number of amides is 2. The van der Waals surface area contributed by atoms with Crippen LogP contribution >= 0.6 is 11.3 Å². The van der Waals surface area contributed by atoms with Crippen LogP contribution < -0.4 is 10.2 Å². The van der Waals surface area contributed by atoms with Crippen molar-refractivity contribution in [3.8, 4) is 0 Å². The zero-order valence-electron chi connectivity index (χ0n) is 21.6. The van der Waals surface area contributed by atoms with Crippen molar-refractivity contribution in [2.24, 2.45) is 16.3 Å². The summed E-state index contributed by atoms with van der Waals surface area (Å²) in [6, 6.07) is 17.3. The number of hydrogen-bond donors (Lipinski definition) is 1. The maximum atomic E-state index is 13.7. The topological polar surface area (TPSA) is 61.8 Å². The highest BCUT2D eigenvalue weighted by Crippen LogP contribution is 2.46. The van der Waals surface area contributed by atoms with Gasteiger partial charge in [0.2, 0.25) is 0 Å². The molecule has 186 valence electrons. The Hall–Kier alpha value is -3.25. The van der Waals surface area contributed by atoms with Crippen LogP contribution in [0.1, 0.15) is 67.4 Å². The molecule has 5 nitrogen and oxygen atoms in total. The summed E-state index contributed by atoms with van der Waals surface area (Å²) in [7, 11) is 0. The van der Waals surface area contributed by atoms with Crippen molar-refractivity contribution in [3.05, 3.63) is 76.2 Å². The largest absolute Gasteiger partial charge is 0.322 e. The van der Waals surface area contributed by atoms with Crippen LogP contribution in [0, 0.1) is 11.3 Å². The smallest absolute Gasteiger partial charge is 0.277 e. The number of rotatable bonds is 4. The maximum absolute atomic E-state index is 13.7. The number of hydrogen-bond acceptors (Lipinski definition) is 4. The third-order valence-corrected chi connectivity index (χ3v) is 8.45. The van der Waals surface area contributed by atoms with Crippen LogP contribution in [0.4, 0.5) is 16.4 Å². The summed E-state index contributed by atoms with van der Waals surface area (Å²) in [5.41, 5.74) is 4.76. The Kier molecular flexibility index (Phi) is 6.33. The lowest BCUT2D eigenvalue weighted by molar-refractivity contribution is -0.112. The number of nitrogens with one attached hydrogen (secondary N) is 1. The minimum absolute atomic E-state index is 0.0104. The summed E-state index contributed by atoms with van der Waals surface area (Å²) in [4.78, 5) is 35.1. The van der Waals surface area contributed by atoms with E-state index >= 15 is 0 Å². The van der Waals surface area contributed by atoms with Gasteiger partial charge in [-0.05, 0) is 68.2 Å². The number of anilines is 2. The molecule has 1 aliphatic carbocycles. The molecule has 1 aliphatic heterocycles. The van der Waals surface area contributed by atoms with Gasteiger partial charge in [-0.1, -0.05) is 57.2 Å². The van der Waals surface area contributed by atoms with Crippen LogP contribution in [-0.2, 0) is 17.6 Å². The van der Waals surface area contributed by atoms with Crippen molar-refractivity contribution >= 4 is 45.2 Å². The number of carbonyl (C=O) groups is 2. The van der Waals surface area contributed by atoms with E-state index in [1.165, 1.54) is 4.88 Å². The highest BCUT2D eigenvalue weighted by atomic mass is 32.1. The molecule has 3 aromatic rings. The number of aliphatic imine (C=N–C) groups is 1. The molecule has 1 aromatic heterocycles. The second-order valence-electron chi connectivity index (χ2n) is 11.1. The van der Waals surface area contributed by atoms with Gasteiger partial charge in [0, 0.05) is 22.2 Å². The van der Waals surface area contributed by atoms with E-state index in [0.29, 0.717) is 22.2 Å². The van der Waals surface area contributed by atoms with Gasteiger partial charge < -0.3 is 10.2 Å². The summed E-state index contributed by atoms with van der Waals surface area (Å²) < 4.78 is 0. The molecule has 2 heterocycles. The van der Waals surface area contributed by atoms with Crippen LogP contribution in [0.15, 0.2) is 59.6 Å². The van der Waals surface area contributed by atoms with Crippen LogP contribution in [0.3, 0.4) is 0 Å². The number of carbonyl (C=O) groups excluding carboxylic acids is 2. The van der Waals surface area contributed by atoms with Gasteiger partial charge in [0.05, 0.1) is 11.3 Å². The summed E-state index contributed by atoms with van der Waals surface area (Å²) in [5, 5.41) is 3.69. The van der Waals surface area contributed by atoms with Crippen molar-refractivity contribution in [1.82, 2.24) is 0 Å². The van der Waals surface area contributed by atoms with E-state index in [4.69, 9.17) is 4.99 Å². The first-order valence-electron chi connectivity index (χ1n) is 12.7. The zero-order valence-corrected chi connectivity index (χ0v) is 22.4. The first-order valence-corrected chi connectivity index (χ1v) is 13.5. The predicted molar refractivity (Wildman–Crippen MR) is 149 cm³/mol. The molecule has 0 fully saturated rings. The second-order valence-corrected chi connectivity index (χ2v) is 12.1. The van der Waals surface area contributed by atoms with Crippen LogP contribution in [-0.4, -0.2) is 23.6 Å². The molecule has 6 heteroatoms. The maximum Gasteiger partial charge on any atom is 0.277 e. The lowest BCUT2D eigenvalue weighted by atomic mass is 9.72. The van der Waals surface area contributed by atoms with Crippen LogP contribution in [0.25, 0.3) is 0 Å². The third-order valence-electron chi connectivity index (χ3n) is 7.30. The molecule has 0 unspecified atom stereocenters. The molecular weight excluding hydrogens is 466 g/mol. The molecule has 1 N–H and O–H groups in total. The second kappa shape index (κ2) is 9.32. The standard InChI is InChI=1S/C30H33N3O2S/c1-18(2)33-23-14-10-9-13-21(23)26(29(33)35)32-28-25(27(34)31-20-11-7-6-8-12-20)22-16-15-19(30(3,4)5)17-24(22)36-28/h6-14,18-19H,15-17H2,1-5H3,(H,31,34)/t19-/m0/s1. The van der Waals surface area contributed by atoms with E-state index in [1.807, 2.05) is 68.4 Å². The monoisotopic (exact) mass is 499 g/mol. The van der Waals surface area contributed by atoms with Gasteiger partial charge in [0.15, 0.2) is 0 Å². The van der Waals surface area contributed by atoms with Crippen molar-refractivity contribution < 1.29 is 9.59 Å². The minimum Gasteiger partial charge on any atom is -0.322 e. The summed E-state index contributed by atoms with van der Waals surface area (Å²) in [6.07, 6.45) is 2.82. The van der Waals surface area contributed by atoms with Crippen LogP contribution in [0.2, 0.25) is 0 Å². The van der Waals surface area contributed by atoms with E-state index in [2.05, 4.69) is 26.1 Å². The zero-order chi connectivity index (χ0) is 25.6. The van der Waals surface area contributed by atoms with Gasteiger partial charge in [-0.3, -0.25) is 9.59 Å². The average molecular weight is 500 g/mol. The fraction of sp³-hybridized carbons (Fsp3) is 0.367. The first kappa shape index (κ1) is 24.4. The SMILES string of the molecule is CC(C)N1C(=O)C(=Nc2sc3c(c2C(=O)Nc2ccccc2)CC[C@H](C(C)(C)C)C3)c2ccccc21. The van der Waals surface area contributed by atoms with Crippen molar-refractivity contribution in [2.45, 2.75) is 59.9 Å². The number of nitrogens with zero attached hydrogens (tertiary/aromatic N) is 2. The Morgan fingerprint density at radius 2 is 1.78 bits per heavy atom. The molecular formula is C30H33N3O2S. The quantitative estimate of drug-likeness (QED) is 0.419. The number of fused-ring (bicyclic) bond motifs is 2. The Bertz CT molecular complexity index is 1350. The van der Waals surface area contributed by atoms with Crippen molar-refractivity contribution in [2.75, 3.05) is 10.2 Å². The minimum atomic E-state index is -0.160. The summed E-state index contributed by atoms with van der Waals surface area (Å²) in [5.74, 6) is 0.269. The third kappa shape index (κ3) is 4.39. The Morgan fingerprint density at radius 1 is 1.08 bits per heavy atom. The van der Waals surface area contributed by atoms with Crippen molar-refractivity contribution in [3.63, 3.8) is 0 Å². The molecule has 2 aromatic carbocycles. The normalized spacial score (nSPS) is 18.5. The van der Waals surface area contributed by atoms with Gasteiger partial charge in [0.25, 0.3) is 11.8 Å². The molecule has 0 saturated heterocycles. The highest BCUT2D eigenvalue weighted by Gasteiger charge is 2.37. The summed E-state index contributed by atoms with van der Waals surface area (Å²) in [6.45, 7) is 10.9. The van der Waals surface area contributed by atoms with Gasteiger partial charge in [-0.2, -0.15) is 0 Å². The fourth-order valence-corrected chi connectivity index (χ4v) is 6.58. The molecule has 5 rings (SSSR count). The lowest BCUT2D eigenvalue weighted by Crippen LogP contribution is -2.35. The Morgan fingerprint density at radius 3 is 2.47 bits per heavy atom. The lowest BCUT2D eigenvalue weighted by Gasteiger charge is -2.33. The molecule has 2 amide bonds. The predicted octanol–water partition coefficient (Wildman–Crippen LogP) is 7.03. The molecule has 0 spiro atoms. The van der Waals surface area contributed by atoms with Crippen molar-refractivity contribution in [1.29, 1.82) is 0 Å². The van der Waals surface area contributed by atoms with E-state index < -0.39 is 0 Å². The number of thiophene rings is 1. The summed E-state index contributed by atoms with van der Waals surface area (Å²) >= 11 is 1.57. The van der Waals surface area contributed by atoms with E-state index in [0.717, 1.165) is 41.8 Å². The highest BCUT2D eigenvalue weighted by molar-refractivity contribution is 7.16. The molecule has 36 heavy (non-hydrogen) atoms. The van der Waals surface area contributed by atoms with E-state index in [-0.39, 0.29) is 23.3 Å². The van der Waals surface area contributed by atoms with Gasteiger partial charge in [-0.25, -0.2) is 4.99 Å². The molecule has 1 atom stereocenters. The Labute approximate surface area is 217 Å². The van der Waals surface area contributed by atoms with Gasteiger partial charge >= 0.3 is 0 Å². The fourth-order valence-electron chi connectivity index (χ4n) is 5.28. The number of para-hydroxylation sites is 2.